The van der Waals surface area contributed by atoms with Crippen molar-refractivity contribution < 1.29 is 9.90 Å². The molecule has 2 rings (SSSR count). The average Bonchev–Trinajstić information content (AvgIpc) is 2.74. The topological polar surface area (TPSA) is 78.0 Å². The van der Waals surface area contributed by atoms with Gasteiger partial charge in [-0.15, -0.1) is 0 Å². The molecule has 0 saturated carbocycles. The van der Waals surface area contributed by atoms with E-state index in [2.05, 4.69) is 15.5 Å². The minimum Gasteiger partial charge on any atom is -0.508 e. The molecule has 5 nitrogen and oxygen atoms in total. The van der Waals surface area contributed by atoms with E-state index in [4.69, 9.17) is 5.11 Å². The van der Waals surface area contributed by atoms with Gasteiger partial charge in [-0.2, -0.15) is 5.10 Å². The molecule has 2 aromatic rings. The van der Waals surface area contributed by atoms with Crippen molar-refractivity contribution in [2.24, 2.45) is 0 Å². The van der Waals surface area contributed by atoms with Crippen LogP contribution in [0, 0.1) is 6.92 Å². The van der Waals surface area contributed by atoms with E-state index in [0.717, 1.165) is 11.1 Å². The summed E-state index contributed by atoms with van der Waals surface area (Å²) in [5.41, 5.74) is 1.71. The molecule has 0 saturated heterocycles. The number of H-pyrrole nitrogens is 1. The van der Waals surface area contributed by atoms with Crippen LogP contribution in [0.25, 0.3) is 6.08 Å². The van der Waals surface area contributed by atoms with Gasteiger partial charge in [0, 0.05) is 11.6 Å². The lowest BCUT2D eigenvalue weighted by Gasteiger charge is -1.99. The molecule has 92 valence electrons. The molecule has 0 spiro atoms. The number of aryl methyl sites for hydroxylation is 1. The lowest BCUT2D eigenvalue weighted by molar-refractivity contribution is -0.111. The first-order valence-electron chi connectivity index (χ1n) is 5.43. The minimum atomic E-state index is -0.240. The number of amides is 1. The van der Waals surface area contributed by atoms with E-state index in [1.54, 1.807) is 36.5 Å². The van der Waals surface area contributed by atoms with Crippen molar-refractivity contribution in [3.8, 4) is 5.75 Å². The van der Waals surface area contributed by atoms with Crippen LogP contribution in [0.4, 0.5) is 5.82 Å². The Labute approximate surface area is 104 Å². The van der Waals surface area contributed by atoms with Crippen LogP contribution in [0.1, 0.15) is 11.1 Å². The monoisotopic (exact) mass is 243 g/mol. The number of aromatic nitrogens is 2. The fourth-order valence-corrected chi connectivity index (χ4v) is 1.40. The van der Waals surface area contributed by atoms with Crippen LogP contribution in [0.5, 0.6) is 5.75 Å². The fourth-order valence-electron chi connectivity index (χ4n) is 1.40. The van der Waals surface area contributed by atoms with Crippen LogP contribution < -0.4 is 5.32 Å². The van der Waals surface area contributed by atoms with Crippen LogP contribution in [0.2, 0.25) is 0 Å². The number of carbonyl (C=O) groups excluding carboxylic acids is 1. The third-order valence-electron chi connectivity index (χ3n) is 2.40. The van der Waals surface area contributed by atoms with Crippen LogP contribution in [0.3, 0.4) is 0 Å². The first-order valence-corrected chi connectivity index (χ1v) is 5.43. The number of rotatable bonds is 3. The van der Waals surface area contributed by atoms with Gasteiger partial charge in [0.05, 0.1) is 6.20 Å². The summed E-state index contributed by atoms with van der Waals surface area (Å²) in [4.78, 5) is 11.6. The van der Waals surface area contributed by atoms with Crippen LogP contribution in [-0.4, -0.2) is 21.2 Å². The number of anilines is 1. The molecule has 1 aromatic carbocycles. The zero-order chi connectivity index (χ0) is 13.0. The number of phenolic OH excluding ortho intramolecular Hbond substituents is 1. The number of aromatic amines is 1. The Morgan fingerprint density at radius 2 is 2.11 bits per heavy atom. The number of aromatic hydroxyl groups is 1. The van der Waals surface area contributed by atoms with Gasteiger partial charge in [0.1, 0.15) is 11.6 Å². The van der Waals surface area contributed by atoms with Crippen molar-refractivity contribution in [2.75, 3.05) is 5.32 Å². The van der Waals surface area contributed by atoms with Gasteiger partial charge in [0.15, 0.2) is 0 Å². The molecule has 0 radical (unpaired) electrons. The smallest absolute Gasteiger partial charge is 0.249 e. The molecule has 1 heterocycles. The molecular weight excluding hydrogens is 230 g/mol. The summed E-state index contributed by atoms with van der Waals surface area (Å²) in [5, 5.41) is 18.3. The van der Waals surface area contributed by atoms with E-state index >= 15 is 0 Å². The third kappa shape index (κ3) is 2.98. The Bertz CT molecular complexity index is 570. The van der Waals surface area contributed by atoms with E-state index in [1.165, 1.54) is 6.08 Å². The summed E-state index contributed by atoms with van der Waals surface area (Å²) in [6.45, 7) is 1.85. The lowest BCUT2D eigenvalue weighted by atomic mass is 10.2. The van der Waals surface area contributed by atoms with Gasteiger partial charge < -0.3 is 10.4 Å². The maximum Gasteiger partial charge on any atom is 0.249 e. The number of nitrogens with zero attached hydrogens (tertiary/aromatic N) is 1. The zero-order valence-electron chi connectivity index (χ0n) is 9.84. The molecule has 1 amide bonds. The number of nitrogens with one attached hydrogen (secondary N) is 2. The zero-order valence-corrected chi connectivity index (χ0v) is 9.84. The van der Waals surface area contributed by atoms with E-state index in [1.807, 2.05) is 6.92 Å². The molecule has 5 heteroatoms. The molecule has 0 atom stereocenters. The largest absolute Gasteiger partial charge is 0.508 e. The van der Waals surface area contributed by atoms with Crippen molar-refractivity contribution in [2.45, 2.75) is 6.92 Å². The maximum absolute atomic E-state index is 11.6. The van der Waals surface area contributed by atoms with Gasteiger partial charge in [0.2, 0.25) is 5.91 Å². The molecule has 0 fully saturated rings. The van der Waals surface area contributed by atoms with Crippen LogP contribution in [-0.2, 0) is 4.79 Å². The van der Waals surface area contributed by atoms with Gasteiger partial charge in [0.25, 0.3) is 0 Å². The molecule has 0 aliphatic carbocycles. The highest BCUT2D eigenvalue weighted by atomic mass is 16.3. The SMILES string of the molecule is Cc1cn[nH]c1NC(=O)/C=C/c1ccc(O)cc1. The highest BCUT2D eigenvalue weighted by Crippen LogP contribution is 2.11. The first-order chi connectivity index (χ1) is 8.65. The van der Waals surface area contributed by atoms with Crippen molar-refractivity contribution in [3.63, 3.8) is 0 Å². The van der Waals surface area contributed by atoms with E-state index in [-0.39, 0.29) is 11.7 Å². The number of hydrogen-bond acceptors (Lipinski definition) is 3. The molecule has 18 heavy (non-hydrogen) atoms. The van der Waals surface area contributed by atoms with Crippen molar-refractivity contribution in [3.05, 3.63) is 47.7 Å². The van der Waals surface area contributed by atoms with E-state index in [0.29, 0.717) is 5.82 Å². The molecule has 0 aliphatic rings. The van der Waals surface area contributed by atoms with E-state index in [9.17, 15) is 4.79 Å². The average molecular weight is 243 g/mol. The molecule has 3 N–H and O–H groups in total. The number of carbonyl (C=O) groups is 1. The Kier molecular flexibility index (Phi) is 3.43. The fraction of sp³-hybridized carbons (Fsp3) is 0.0769. The molecule has 0 aliphatic heterocycles. The van der Waals surface area contributed by atoms with Gasteiger partial charge in [-0.05, 0) is 30.7 Å². The second-order valence-electron chi connectivity index (χ2n) is 3.84. The normalized spacial score (nSPS) is 10.7. The summed E-state index contributed by atoms with van der Waals surface area (Å²) < 4.78 is 0. The predicted octanol–water partition coefficient (Wildman–Crippen LogP) is 2.08. The van der Waals surface area contributed by atoms with Gasteiger partial charge >= 0.3 is 0 Å². The van der Waals surface area contributed by atoms with Crippen LogP contribution >= 0.6 is 0 Å². The second-order valence-corrected chi connectivity index (χ2v) is 3.84. The molecule has 1 aromatic heterocycles. The number of hydrogen-bond donors (Lipinski definition) is 3. The summed E-state index contributed by atoms with van der Waals surface area (Å²) in [5.74, 6) is 0.551. The lowest BCUT2D eigenvalue weighted by Crippen LogP contribution is -2.08. The summed E-state index contributed by atoms with van der Waals surface area (Å²) in [7, 11) is 0. The maximum atomic E-state index is 11.6. The summed E-state index contributed by atoms with van der Waals surface area (Å²) >= 11 is 0. The van der Waals surface area contributed by atoms with Gasteiger partial charge in [-0.3, -0.25) is 9.89 Å². The predicted molar refractivity (Wildman–Crippen MR) is 69.1 cm³/mol. The Hall–Kier alpha value is -2.56. The summed E-state index contributed by atoms with van der Waals surface area (Å²) in [6.07, 6.45) is 4.73. The highest BCUT2D eigenvalue weighted by Gasteiger charge is 2.02. The third-order valence-corrected chi connectivity index (χ3v) is 2.40. The molecule has 0 unspecified atom stereocenters. The Balaban J connectivity index is 1.99. The Morgan fingerprint density at radius 1 is 1.39 bits per heavy atom. The standard InChI is InChI=1S/C13H13N3O2/c1-9-8-14-16-13(9)15-12(18)7-4-10-2-5-11(17)6-3-10/h2-8,17H,1H3,(H2,14,15,16,18)/b7-4+. The minimum absolute atomic E-state index is 0.199. The van der Waals surface area contributed by atoms with Crippen molar-refractivity contribution in [1.82, 2.24) is 10.2 Å². The summed E-state index contributed by atoms with van der Waals surface area (Å²) in [6, 6.07) is 6.58. The van der Waals surface area contributed by atoms with Gasteiger partial charge in [-0.25, -0.2) is 0 Å². The second kappa shape index (κ2) is 5.18. The number of phenols is 1. The number of benzene rings is 1. The van der Waals surface area contributed by atoms with E-state index < -0.39 is 0 Å². The quantitative estimate of drug-likeness (QED) is 0.722. The van der Waals surface area contributed by atoms with Crippen LogP contribution in [0.15, 0.2) is 36.5 Å². The molecular formula is C13H13N3O2. The van der Waals surface area contributed by atoms with Crippen molar-refractivity contribution >= 4 is 17.8 Å². The first kappa shape index (κ1) is 11.9. The molecule has 0 bridgehead atoms. The Morgan fingerprint density at radius 3 is 2.72 bits per heavy atom. The van der Waals surface area contributed by atoms with Gasteiger partial charge in [-0.1, -0.05) is 12.1 Å². The highest BCUT2D eigenvalue weighted by molar-refractivity contribution is 6.01. The van der Waals surface area contributed by atoms with Crippen molar-refractivity contribution in [1.29, 1.82) is 0 Å².